The number of likely N-dealkylation sites (tertiary alicyclic amines) is 1. The summed E-state index contributed by atoms with van der Waals surface area (Å²) >= 11 is 0. The Labute approximate surface area is 140 Å². The highest BCUT2D eigenvalue weighted by molar-refractivity contribution is 5.79. The topological polar surface area (TPSA) is 67.3 Å². The van der Waals surface area contributed by atoms with Gasteiger partial charge in [-0.05, 0) is 33.3 Å². The fourth-order valence-corrected chi connectivity index (χ4v) is 2.64. The van der Waals surface area contributed by atoms with Gasteiger partial charge in [-0.25, -0.2) is 19.2 Å². The van der Waals surface area contributed by atoms with Gasteiger partial charge in [0.2, 0.25) is 5.95 Å². The van der Waals surface area contributed by atoms with E-state index >= 15 is 0 Å². The van der Waals surface area contributed by atoms with Gasteiger partial charge in [-0.3, -0.25) is 0 Å². The van der Waals surface area contributed by atoms with Gasteiger partial charge in [-0.1, -0.05) is 12.1 Å². The Morgan fingerprint density at radius 1 is 1.42 bits per heavy atom. The summed E-state index contributed by atoms with van der Waals surface area (Å²) in [6, 6.07) is 4.78. The Hall–Kier alpha value is -2.44. The van der Waals surface area contributed by atoms with Crippen LogP contribution in [-0.2, 0) is 4.74 Å². The highest BCUT2D eigenvalue weighted by atomic mass is 19.1. The van der Waals surface area contributed by atoms with Crippen LogP contribution in [0.15, 0.2) is 24.4 Å². The Morgan fingerprint density at radius 2 is 2.21 bits per heavy atom. The lowest BCUT2D eigenvalue weighted by Gasteiger charge is -2.24. The van der Waals surface area contributed by atoms with Crippen LogP contribution in [0.3, 0.4) is 0 Å². The molecule has 7 heteroatoms. The third kappa shape index (κ3) is 3.72. The molecule has 1 aromatic heterocycles. The number of hydrogen-bond acceptors (Lipinski definition) is 5. The Bertz CT molecular complexity index is 760. The number of anilines is 1. The van der Waals surface area contributed by atoms with Gasteiger partial charge < -0.3 is 15.0 Å². The van der Waals surface area contributed by atoms with E-state index in [1.807, 2.05) is 20.8 Å². The molecule has 0 aliphatic carbocycles. The first-order valence-electron chi connectivity index (χ1n) is 7.97. The minimum absolute atomic E-state index is 0.0155. The molecule has 1 fully saturated rings. The van der Waals surface area contributed by atoms with Gasteiger partial charge >= 0.3 is 6.09 Å². The van der Waals surface area contributed by atoms with E-state index in [1.54, 1.807) is 23.2 Å². The lowest BCUT2D eigenvalue weighted by molar-refractivity contribution is 0.0293. The van der Waals surface area contributed by atoms with Crippen LogP contribution in [0.1, 0.15) is 27.2 Å². The molecule has 1 aliphatic heterocycles. The molecule has 3 rings (SSSR count). The molecule has 0 saturated carbocycles. The quantitative estimate of drug-likeness (QED) is 0.915. The van der Waals surface area contributed by atoms with Gasteiger partial charge in [0, 0.05) is 30.7 Å². The molecule has 6 nitrogen and oxygen atoms in total. The van der Waals surface area contributed by atoms with E-state index in [0.717, 1.165) is 6.42 Å². The van der Waals surface area contributed by atoms with E-state index in [0.29, 0.717) is 24.4 Å². The molecule has 0 radical (unpaired) electrons. The van der Waals surface area contributed by atoms with Crippen molar-refractivity contribution in [2.45, 2.75) is 38.8 Å². The molecule has 1 amide bonds. The molecule has 24 heavy (non-hydrogen) atoms. The lowest BCUT2D eigenvalue weighted by Crippen LogP contribution is -2.36. The maximum Gasteiger partial charge on any atom is 0.410 e. The number of halogens is 1. The van der Waals surface area contributed by atoms with Crippen molar-refractivity contribution in [2.75, 3.05) is 18.4 Å². The number of para-hydroxylation sites is 1. The zero-order valence-electron chi connectivity index (χ0n) is 14.0. The molecular formula is C17H21FN4O2. The number of carbonyl (C=O) groups is 1. The minimum atomic E-state index is -0.512. The maximum absolute atomic E-state index is 13.8. The van der Waals surface area contributed by atoms with E-state index < -0.39 is 5.60 Å². The number of nitrogens with one attached hydrogen (secondary N) is 1. The standard InChI is InChI=1S/C17H21FN4O2/c1-17(2,3)24-16(23)22-8-7-12(10-22)20-15-19-9-11-5-4-6-13(18)14(11)21-15/h4-6,9,12H,7-8,10H2,1-3H3,(H,19,20,21). The van der Waals surface area contributed by atoms with Crippen molar-refractivity contribution in [3.05, 3.63) is 30.2 Å². The Kier molecular flexibility index (Phi) is 4.26. The highest BCUT2D eigenvalue weighted by Crippen LogP contribution is 2.19. The van der Waals surface area contributed by atoms with E-state index in [9.17, 15) is 9.18 Å². The van der Waals surface area contributed by atoms with Crippen molar-refractivity contribution in [1.29, 1.82) is 0 Å². The summed E-state index contributed by atoms with van der Waals surface area (Å²) in [5, 5.41) is 3.82. The Morgan fingerprint density at radius 3 is 2.96 bits per heavy atom. The van der Waals surface area contributed by atoms with Crippen LogP contribution < -0.4 is 5.32 Å². The molecule has 1 aliphatic rings. The number of fused-ring (bicyclic) bond motifs is 1. The van der Waals surface area contributed by atoms with Crippen LogP contribution in [0.2, 0.25) is 0 Å². The molecule has 1 unspecified atom stereocenters. The second-order valence-corrected chi connectivity index (χ2v) is 6.93. The number of aromatic nitrogens is 2. The van der Waals surface area contributed by atoms with Crippen LogP contribution in [0, 0.1) is 5.82 Å². The summed E-state index contributed by atoms with van der Waals surface area (Å²) < 4.78 is 19.2. The van der Waals surface area contributed by atoms with Crippen LogP contribution in [0.25, 0.3) is 10.9 Å². The van der Waals surface area contributed by atoms with Gasteiger partial charge in [0.25, 0.3) is 0 Å². The third-order valence-electron chi connectivity index (χ3n) is 3.73. The first-order valence-corrected chi connectivity index (χ1v) is 7.97. The number of carbonyl (C=O) groups excluding carboxylic acids is 1. The highest BCUT2D eigenvalue weighted by Gasteiger charge is 2.30. The zero-order valence-corrected chi connectivity index (χ0v) is 14.0. The average Bonchev–Trinajstić information content (AvgIpc) is 2.95. The summed E-state index contributed by atoms with van der Waals surface area (Å²) in [4.78, 5) is 22.2. The summed E-state index contributed by atoms with van der Waals surface area (Å²) in [5.41, 5.74) is -0.223. The van der Waals surface area contributed by atoms with Crippen molar-refractivity contribution in [2.24, 2.45) is 0 Å². The number of rotatable bonds is 2. The first kappa shape index (κ1) is 16.4. The van der Waals surface area contributed by atoms with Crippen LogP contribution in [0.4, 0.5) is 15.1 Å². The second kappa shape index (κ2) is 6.22. The smallest absolute Gasteiger partial charge is 0.410 e. The van der Waals surface area contributed by atoms with E-state index in [2.05, 4.69) is 15.3 Å². The average molecular weight is 332 g/mol. The molecule has 1 N–H and O–H groups in total. The summed E-state index contributed by atoms with van der Waals surface area (Å²) in [5.74, 6) is -0.0107. The largest absolute Gasteiger partial charge is 0.444 e. The number of hydrogen-bond donors (Lipinski definition) is 1. The number of ether oxygens (including phenoxy) is 1. The minimum Gasteiger partial charge on any atom is -0.444 e. The van der Waals surface area contributed by atoms with Crippen LogP contribution in [-0.4, -0.2) is 45.7 Å². The predicted octanol–water partition coefficient (Wildman–Crippen LogP) is 3.19. The SMILES string of the molecule is CC(C)(C)OC(=O)N1CCC(Nc2ncc3cccc(F)c3n2)C1. The summed E-state index contributed by atoms with van der Waals surface area (Å²) in [6.07, 6.45) is 2.03. The van der Waals surface area contributed by atoms with E-state index in [-0.39, 0.29) is 23.5 Å². The monoisotopic (exact) mass is 332 g/mol. The molecule has 1 saturated heterocycles. The van der Waals surface area contributed by atoms with Crippen LogP contribution in [0.5, 0.6) is 0 Å². The van der Waals surface area contributed by atoms with Gasteiger partial charge in [0.15, 0.2) is 0 Å². The van der Waals surface area contributed by atoms with Gasteiger partial charge in [0.05, 0.1) is 0 Å². The first-order chi connectivity index (χ1) is 11.3. The van der Waals surface area contributed by atoms with Crippen molar-refractivity contribution < 1.29 is 13.9 Å². The van der Waals surface area contributed by atoms with Crippen molar-refractivity contribution in [3.8, 4) is 0 Å². The van der Waals surface area contributed by atoms with Crippen molar-refractivity contribution in [1.82, 2.24) is 14.9 Å². The summed E-state index contributed by atoms with van der Waals surface area (Å²) in [6.45, 7) is 6.64. The fraction of sp³-hybridized carbons (Fsp3) is 0.471. The Balaban J connectivity index is 1.65. The number of benzene rings is 1. The van der Waals surface area contributed by atoms with Gasteiger partial charge in [-0.15, -0.1) is 0 Å². The zero-order chi connectivity index (χ0) is 17.3. The maximum atomic E-state index is 13.8. The molecule has 1 atom stereocenters. The number of nitrogens with zero attached hydrogens (tertiary/aromatic N) is 3. The molecule has 0 bridgehead atoms. The normalized spacial score (nSPS) is 18.0. The molecule has 0 spiro atoms. The third-order valence-corrected chi connectivity index (χ3v) is 3.73. The molecule has 128 valence electrons. The lowest BCUT2D eigenvalue weighted by atomic mass is 10.2. The molecule has 2 aromatic rings. The van der Waals surface area contributed by atoms with Crippen LogP contribution >= 0.6 is 0 Å². The molecule has 1 aromatic carbocycles. The predicted molar refractivity (Wildman–Crippen MR) is 89.3 cm³/mol. The number of amides is 1. The van der Waals surface area contributed by atoms with Crippen molar-refractivity contribution in [3.63, 3.8) is 0 Å². The fourth-order valence-electron chi connectivity index (χ4n) is 2.64. The van der Waals surface area contributed by atoms with Gasteiger partial charge in [-0.2, -0.15) is 0 Å². The summed E-state index contributed by atoms with van der Waals surface area (Å²) in [7, 11) is 0. The van der Waals surface area contributed by atoms with Gasteiger partial charge in [0.1, 0.15) is 16.9 Å². The molecular weight excluding hydrogens is 311 g/mol. The molecule has 2 heterocycles. The second-order valence-electron chi connectivity index (χ2n) is 6.93. The van der Waals surface area contributed by atoms with E-state index in [1.165, 1.54) is 6.07 Å². The van der Waals surface area contributed by atoms with Crippen molar-refractivity contribution >= 4 is 22.9 Å². The van der Waals surface area contributed by atoms with E-state index in [4.69, 9.17) is 4.74 Å².